The Labute approximate surface area is 117 Å². The van der Waals surface area contributed by atoms with Crippen LogP contribution in [0.1, 0.15) is 25.7 Å². The lowest BCUT2D eigenvalue weighted by Gasteiger charge is -2.29. The Hall–Kier alpha value is -0.550. The minimum absolute atomic E-state index is 0.189. The molecule has 1 aromatic carbocycles. The summed E-state index contributed by atoms with van der Waals surface area (Å²) in [6.45, 7) is 0. The SMILES string of the molecule is CS(=O)(=O)C1CCCC(Nc2ccccc2Br)C1. The first-order valence-corrected chi connectivity index (χ1v) is 8.91. The van der Waals surface area contributed by atoms with Crippen LogP contribution in [0.4, 0.5) is 5.69 Å². The molecule has 5 heteroatoms. The van der Waals surface area contributed by atoms with Gasteiger partial charge in [-0.05, 0) is 47.3 Å². The highest BCUT2D eigenvalue weighted by Gasteiger charge is 2.28. The fourth-order valence-corrected chi connectivity index (χ4v) is 4.04. The van der Waals surface area contributed by atoms with Crippen LogP contribution in [0.3, 0.4) is 0 Å². The summed E-state index contributed by atoms with van der Waals surface area (Å²) in [7, 11) is -2.91. The summed E-state index contributed by atoms with van der Waals surface area (Å²) in [6, 6.07) is 8.18. The summed E-state index contributed by atoms with van der Waals surface area (Å²) in [6.07, 6.45) is 4.86. The zero-order valence-electron chi connectivity index (χ0n) is 10.4. The molecule has 0 amide bonds. The molecule has 0 bridgehead atoms. The van der Waals surface area contributed by atoms with Crippen molar-refractivity contribution in [3.05, 3.63) is 28.7 Å². The lowest BCUT2D eigenvalue weighted by atomic mass is 9.95. The van der Waals surface area contributed by atoms with E-state index in [-0.39, 0.29) is 11.3 Å². The van der Waals surface area contributed by atoms with Crippen molar-refractivity contribution >= 4 is 31.5 Å². The number of halogens is 1. The average Bonchev–Trinajstić information content (AvgIpc) is 2.31. The molecule has 2 atom stereocenters. The van der Waals surface area contributed by atoms with E-state index in [1.165, 1.54) is 6.26 Å². The number of benzene rings is 1. The van der Waals surface area contributed by atoms with Gasteiger partial charge in [0.25, 0.3) is 0 Å². The molecule has 2 rings (SSSR count). The Kier molecular flexibility index (Phi) is 4.33. The van der Waals surface area contributed by atoms with E-state index in [0.29, 0.717) is 6.42 Å². The van der Waals surface area contributed by atoms with Crippen LogP contribution in [-0.2, 0) is 9.84 Å². The molecule has 100 valence electrons. The molecule has 1 aromatic rings. The molecular formula is C13H18BrNO2S. The molecule has 1 saturated carbocycles. The highest BCUT2D eigenvalue weighted by Crippen LogP contribution is 2.29. The number of hydrogen-bond acceptors (Lipinski definition) is 3. The standard InChI is InChI=1S/C13H18BrNO2S/c1-18(16,17)11-6-4-5-10(9-11)15-13-8-3-2-7-12(13)14/h2-3,7-8,10-11,15H,4-6,9H2,1H3. The van der Waals surface area contributed by atoms with Gasteiger partial charge in [-0.15, -0.1) is 0 Å². The van der Waals surface area contributed by atoms with Crippen LogP contribution in [0.2, 0.25) is 0 Å². The third-order valence-corrected chi connectivity index (χ3v) is 5.80. The van der Waals surface area contributed by atoms with Gasteiger partial charge < -0.3 is 5.32 Å². The van der Waals surface area contributed by atoms with Crippen molar-refractivity contribution in [3.8, 4) is 0 Å². The quantitative estimate of drug-likeness (QED) is 0.924. The monoisotopic (exact) mass is 331 g/mol. The van der Waals surface area contributed by atoms with Crippen molar-refractivity contribution in [2.45, 2.75) is 37.0 Å². The van der Waals surface area contributed by atoms with Crippen LogP contribution in [0.5, 0.6) is 0 Å². The fourth-order valence-electron chi connectivity index (χ4n) is 2.46. The fraction of sp³-hybridized carbons (Fsp3) is 0.538. The van der Waals surface area contributed by atoms with E-state index >= 15 is 0 Å². The third kappa shape index (κ3) is 3.48. The Morgan fingerprint density at radius 3 is 2.67 bits per heavy atom. The highest BCUT2D eigenvalue weighted by atomic mass is 79.9. The maximum atomic E-state index is 11.6. The maximum Gasteiger partial charge on any atom is 0.150 e. The number of hydrogen-bond donors (Lipinski definition) is 1. The average molecular weight is 332 g/mol. The summed E-state index contributed by atoms with van der Waals surface area (Å²) in [4.78, 5) is 0. The van der Waals surface area contributed by atoms with Gasteiger partial charge in [-0.2, -0.15) is 0 Å². The predicted octanol–water partition coefficient (Wildman–Crippen LogP) is 3.22. The molecule has 0 aliphatic heterocycles. The van der Waals surface area contributed by atoms with Crippen molar-refractivity contribution in [2.75, 3.05) is 11.6 Å². The lowest BCUT2D eigenvalue weighted by molar-refractivity contribution is 0.453. The van der Waals surface area contributed by atoms with Gasteiger partial charge in [-0.3, -0.25) is 0 Å². The van der Waals surface area contributed by atoms with E-state index in [1.54, 1.807) is 0 Å². The summed E-state index contributed by atoms with van der Waals surface area (Å²) in [5, 5.41) is 3.25. The van der Waals surface area contributed by atoms with E-state index in [0.717, 1.165) is 29.4 Å². The second kappa shape index (κ2) is 5.61. The molecule has 0 spiro atoms. The largest absolute Gasteiger partial charge is 0.381 e. The molecule has 2 unspecified atom stereocenters. The normalized spacial score (nSPS) is 24.8. The van der Waals surface area contributed by atoms with Crippen LogP contribution >= 0.6 is 15.9 Å². The van der Waals surface area contributed by atoms with Crippen LogP contribution in [0.15, 0.2) is 28.7 Å². The smallest absolute Gasteiger partial charge is 0.150 e. The van der Waals surface area contributed by atoms with Crippen molar-refractivity contribution < 1.29 is 8.42 Å². The first-order chi connectivity index (χ1) is 8.47. The van der Waals surface area contributed by atoms with Gasteiger partial charge in [0.2, 0.25) is 0 Å². The van der Waals surface area contributed by atoms with Gasteiger partial charge >= 0.3 is 0 Å². The molecule has 0 radical (unpaired) electrons. The van der Waals surface area contributed by atoms with Crippen molar-refractivity contribution in [2.24, 2.45) is 0 Å². The third-order valence-electron chi connectivity index (χ3n) is 3.47. The summed E-state index contributed by atoms with van der Waals surface area (Å²) < 4.78 is 24.2. The molecule has 1 aliphatic carbocycles. The summed E-state index contributed by atoms with van der Waals surface area (Å²) in [5.41, 5.74) is 1.04. The first-order valence-electron chi connectivity index (χ1n) is 6.17. The zero-order valence-corrected chi connectivity index (χ0v) is 12.8. The Morgan fingerprint density at radius 1 is 1.28 bits per heavy atom. The number of para-hydroxylation sites is 1. The van der Waals surface area contributed by atoms with Gasteiger partial charge in [-0.25, -0.2) is 8.42 Å². The van der Waals surface area contributed by atoms with Crippen molar-refractivity contribution in [1.82, 2.24) is 0 Å². The van der Waals surface area contributed by atoms with Crippen molar-refractivity contribution in [3.63, 3.8) is 0 Å². The number of sulfone groups is 1. The highest BCUT2D eigenvalue weighted by molar-refractivity contribution is 9.10. The number of nitrogens with one attached hydrogen (secondary N) is 1. The van der Waals surface area contributed by atoms with Crippen LogP contribution in [0.25, 0.3) is 0 Å². The maximum absolute atomic E-state index is 11.6. The molecule has 1 aliphatic rings. The van der Waals surface area contributed by atoms with E-state index in [9.17, 15) is 8.42 Å². The molecular weight excluding hydrogens is 314 g/mol. The van der Waals surface area contributed by atoms with Gasteiger partial charge in [0.1, 0.15) is 9.84 Å². The topological polar surface area (TPSA) is 46.2 Å². The number of rotatable bonds is 3. The molecule has 0 heterocycles. The minimum Gasteiger partial charge on any atom is -0.381 e. The summed E-state index contributed by atoms with van der Waals surface area (Å²) >= 11 is 3.50. The lowest BCUT2D eigenvalue weighted by Crippen LogP contribution is -2.34. The van der Waals surface area contributed by atoms with Crippen molar-refractivity contribution in [1.29, 1.82) is 0 Å². The molecule has 1 N–H and O–H groups in total. The van der Waals surface area contributed by atoms with Gasteiger partial charge in [0.05, 0.1) is 5.25 Å². The predicted molar refractivity (Wildman–Crippen MR) is 78.7 cm³/mol. The first kappa shape index (κ1) is 13.9. The molecule has 18 heavy (non-hydrogen) atoms. The van der Waals surface area contributed by atoms with E-state index in [4.69, 9.17) is 0 Å². The Morgan fingerprint density at radius 2 is 2.00 bits per heavy atom. The van der Waals surface area contributed by atoms with Crippen LogP contribution < -0.4 is 5.32 Å². The Balaban J connectivity index is 2.05. The second-order valence-corrected chi connectivity index (χ2v) is 8.12. The van der Waals surface area contributed by atoms with Gasteiger partial charge in [0, 0.05) is 22.5 Å². The minimum atomic E-state index is -2.91. The zero-order chi connectivity index (χ0) is 13.2. The Bertz CT molecular complexity index is 515. The van der Waals surface area contributed by atoms with E-state index < -0.39 is 9.84 Å². The van der Waals surface area contributed by atoms with E-state index in [2.05, 4.69) is 21.2 Å². The second-order valence-electron chi connectivity index (χ2n) is 4.94. The number of anilines is 1. The molecule has 1 fully saturated rings. The van der Waals surface area contributed by atoms with Crippen LogP contribution in [0, 0.1) is 0 Å². The van der Waals surface area contributed by atoms with Gasteiger partial charge in [0.15, 0.2) is 0 Å². The van der Waals surface area contributed by atoms with Crippen LogP contribution in [-0.4, -0.2) is 26.0 Å². The summed E-state index contributed by atoms with van der Waals surface area (Å²) in [5.74, 6) is 0. The molecule has 3 nitrogen and oxygen atoms in total. The molecule has 0 aromatic heterocycles. The van der Waals surface area contributed by atoms with E-state index in [1.807, 2.05) is 24.3 Å². The molecule has 0 saturated heterocycles. The van der Waals surface area contributed by atoms with Gasteiger partial charge in [-0.1, -0.05) is 18.6 Å².